The Morgan fingerprint density at radius 1 is 1.38 bits per heavy atom. The molecule has 0 spiro atoms. The standard InChI is InChI=1S/C9H8N2O4S/c1-5-3-6-4-10-9(16(2,13)14)11-7(6)15-8(5)12/h3-4H,1-2H3. The van der Waals surface area contributed by atoms with Gasteiger partial charge in [-0.2, -0.15) is 4.98 Å². The Morgan fingerprint density at radius 2 is 2.06 bits per heavy atom. The molecule has 2 aromatic rings. The van der Waals surface area contributed by atoms with E-state index in [0.717, 1.165) is 6.26 Å². The second-order valence-corrected chi connectivity index (χ2v) is 5.31. The fourth-order valence-corrected chi connectivity index (χ4v) is 1.67. The molecule has 0 radical (unpaired) electrons. The molecule has 0 saturated carbocycles. The first-order valence-electron chi connectivity index (χ1n) is 4.35. The predicted molar refractivity (Wildman–Crippen MR) is 55.9 cm³/mol. The molecule has 2 aromatic heterocycles. The van der Waals surface area contributed by atoms with Crippen LogP contribution in [0.1, 0.15) is 5.56 Å². The molecule has 0 aliphatic carbocycles. The Hall–Kier alpha value is -1.76. The van der Waals surface area contributed by atoms with E-state index >= 15 is 0 Å². The third kappa shape index (κ3) is 1.81. The quantitative estimate of drug-likeness (QED) is 0.666. The van der Waals surface area contributed by atoms with Crippen LogP contribution in [0.2, 0.25) is 0 Å². The van der Waals surface area contributed by atoms with Crippen molar-refractivity contribution in [3.63, 3.8) is 0 Å². The summed E-state index contributed by atoms with van der Waals surface area (Å²) in [6, 6.07) is 1.55. The molecule has 0 unspecified atom stereocenters. The molecule has 0 bridgehead atoms. The summed E-state index contributed by atoms with van der Waals surface area (Å²) in [4.78, 5) is 18.6. The van der Waals surface area contributed by atoms with Crippen LogP contribution < -0.4 is 5.63 Å². The lowest BCUT2D eigenvalue weighted by Crippen LogP contribution is -2.07. The van der Waals surface area contributed by atoms with Gasteiger partial charge in [0.15, 0.2) is 0 Å². The van der Waals surface area contributed by atoms with E-state index < -0.39 is 15.5 Å². The van der Waals surface area contributed by atoms with Crippen LogP contribution in [0.4, 0.5) is 0 Å². The fourth-order valence-electron chi connectivity index (χ4n) is 1.18. The molecule has 7 heteroatoms. The van der Waals surface area contributed by atoms with Crippen LogP contribution in [0.25, 0.3) is 11.1 Å². The van der Waals surface area contributed by atoms with Gasteiger partial charge in [0.2, 0.25) is 20.7 Å². The molecule has 2 rings (SSSR count). The van der Waals surface area contributed by atoms with Crippen molar-refractivity contribution < 1.29 is 12.8 Å². The number of nitrogens with zero attached hydrogens (tertiary/aromatic N) is 2. The summed E-state index contributed by atoms with van der Waals surface area (Å²) in [5, 5.41) is 0.136. The minimum atomic E-state index is -3.50. The third-order valence-electron chi connectivity index (χ3n) is 1.97. The summed E-state index contributed by atoms with van der Waals surface area (Å²) in [7, 11) is -3.50. The highest BCUT2D eigenvalue weighted by molar-refractivity contribution is 7.90. The Bertz CT molecular complexity index is 718. The van der Waals surface area contributed by atoms with Crippen molar-refractivity contribution in [2.75, 3.05) is 6.26 Å². The van der Waals surface area contributed by atoms with Crippen molar-refractivity contribution in [2.24, 2.45) is 0 Å². The molecule has 6 nitrogen and oxygen atoms in total. The Labute approximate surface area is 90.9 Å². The van der Waals surface area contributed by atoms with Crippen molar-refractivity contribution in [3.8, 4) is 0 Å². The largest absolute Gasteiger partial charge is 0.403 e. The maximum atomic E-state index is 11.2. The zero-order valence-electron chi connectivity index (χ0n) is 8.59. The lowest BCUT2D eigenvalue weighted by atomic mass is 10.3. The molecule has 0 aliphatic heterocycles. The highest BCUT2D eigenvalue weighted by Crippen LogP contribution is 2.11. The van der Waals surface area contributed by atoms with Gasteiger partial charge in [-0.25, -0.2) is 18.2 Å². The smallest absolute Gasteiger partial charge is 0.340 e. The lowest BCUT2D eigenvalue weighted by Gasteiger charge is -1.99. The van der Waals surface area contributed by atoms with Crippen molar-refractivity contribution in [1.29, 1.82) is 0 Å². The van der Waals surface area contributed by atoms with Gasteiger partial charge in [-0.05, 0) is 13.0 Å². The molecule has 0 N–H and O–H groups in total. The van der Waals surface area contributed by atoms with Crippen LogP contribution in [0, 0.1) is 6.92 Å². The number of rotatable bonds is 1. The molecule has 0 amide bonds. The third-order valence-corrected chi connectivity index (χ3v) is 2.83. The number of hydrogen-bond acceptors (Lipinski definition) is 6. The second-order valence-electron chi connectivity index (χ2n) is 3.40. The van der Waals surface area contributed by atoms with Crippen molar-refractivity contribution in [1.82, 2.24) is 9.97 Å². The van der Waals surface area contributed by atoms with E-state index in [0.29, 0.717) is 10.9 Å². The molecule has 0 aliphatic rings. The topological polar surface area (TPSA) is 90.1 Å². The van der Waals surface area contributed by atoms with Crippen molar-refractivity contribution in [2.45, 2.75) is 12.1 Å². The molecular weight excluding hydrogens is 232 g/mol. The molecule has 2 heterocycles. The summed E-state index contributed by atoms with van der Waals surface area (Å²) in [6.07, 6.45) is 2.30. The Balaban J connectivity index is 2.82. The van der Waals surface area contributed by atoms with Crippen LogP contribution in [-0.2, 0) is 9.84 Å². The zero-order valence-corrected chi connectivity index (χ0v) is 9.41. The maximum absolute atomic E-state index is 11.2. The van der Waals surface area contributed by atoms with E-state index in [4.69, 9.17) is 4.42 Å². The first kappa shape index (κ1) is 10.7. The minimum Gasteiger partial charge on any atom is -0.403 e. The van der Waals surface area contributed by atoms with E-state index in [-0.39, 0.29) is 10.9 Å². The summed E-state index contributed by atoms with van der Waals surface area (Å²) < 4.78 is 27.2. The first-order chi connectivity index (χ1) is 7.38. The average molecular weight is 240 g/mol. The number of hydrogen-bond donors (Lipinski definition) is 0. The van der Waals surface area contributed by atoms with Gasteiger partial charge in [-0.3, -0.25) is 0 Å². The molecule has 0 aromatic carbocycles. The number of sulfone groups is 1. The van der Waals surface area contributed by atoms with Crippen molar-refractivity contribution >= 4 is 20.9 Å². The summed E-state index contributed by atoms with van der Waals surface area (Å²) >= 11 is 0. The van der Waals surface area contributed by atoms with E-state index in [1.165, 1.54) is 6.20 Å². The van der Waals surface area contributed by atoms with Crippen LogP contribution in [-0.4, -0.2) is 24.6 Å². The van der Waals surface area contributed by atoms with E-state index in [2.05, 4.69) is 9.97 Å². The summed E-state index contributed by atoms with van der Waals surface area (Å²) in [5.74, 6) is 0. The average Bonchev–Trinajstić information content (AvgIpc) is 2.17. The zero-order chi connectivity index (χ0) is 11.9. The van der Waals surface area contributed by atoms with Crippen LogP contribution in [0.5, 0.6) is 0 Å². The first-order valence-corrected chi connectivity index (χ1v) is 6.24. The summed E-state index contributed by atoms with van der Waals surface area (Å²) in [5.41, 5.74) is -0.139. The molecule has 0 atom stereocenters. The van der Waals surface area contributed by atoms with Gasteiger partial charge in [0.1, 0.15) is 0 Å². The predicted octanol–water partition coefficient (Wildman–Crippen LogP) is 0.295. The minimum absolute atomic E-state index is 0.0222. The highest BCUT2D eigenvalue weighted by Gasteiger charge is 2.13. The molecule has 16 heavy (non-hydrogen) atoms. The van der Waals surface area contributed by atoms with Gasteiger partial charge in [0, 0.05) is 18.0 Å². The molecule has 0 saturated heterocycles. The summed E-state index contributed by atoms with van der Waals surface area (Å²) in [6.45, 7) is 1.59. The van der Waals surface area contributed by atoms with Crippen LogP contribution >= 0.6 is 0 Å². The number of fused-ring (bicyclic) bond motifs is 1. The Morgan fingerprint density at radius 3 is 2.69 bits per heavy atom. The maximum Gasteiger partial charge on any atom is 0.340 e. The number of aromatic nitrogens is 2. The lowest BCUT2D eigenvalue weighted by molar-refractivity contribution is 0.535. The normalized spacial score (nSPS) is 11.9. The fraction of sp³-hybridized carbons (Fsp3) is 0.222. The highest BCUT2D eigenvalue weighted by atomic mass is 32.2. The van der Waals surface area contributed by atoms with Gasteiger partial charge in [0.05, 0.1) is 5.39 Å². The van der Waals surface area contributed by atoms with Gasteiger partial charge in [-0.15, -0.1) is 0 Å². The van der Waals surface area contributed by atoms with E-state index in [1.807, 2.05) is 0 Å². The number of aryl methyl sites for hydroxylation is 1. The van der Waals surface area contributed by atoms with Crippen LogP contribution in [0.3, 0.4) is 0 Å². The van der Waals surface area contributed by atoms with Gasteiger partial charge in [0.25, 0.3) is 0 Å². The molecular formula is C9H8N2O4S. The van der Waals surface area contributed by atoms with Crippen molar-refractivity contribution in [3.05, 3.63) is 28.2 Å². The molecule has 84 valence electrons. The Kier molecular flexibility index (Phi) is 2.27. The van der Waals surface area contributed by atoms with E-state index in [1.54, 1.807) is 13.0 Å². The molecule has 0 fully saturated rings. The van der Waals surface area contributed by atoms with Gasteiger partial charge >= 0.3 is 5.63 Å². The monoisotopic (exact) mass is 240 g/mol. The van der Waals surface area contributed by atoms with Crippen LogP contribution in [0.15, 0.2) is 26.6 Å². The second kappa shape index (κ2) is 3.38. The van der Waals surface area contributed by atoms with Gasteiger partial charge in [-0.1, -0.05) is 0 Å². The van der Waals surface area contributed by atoms with Gasteiger partial charge < -0.3 is 4.42 Å². The van der Waals surface area contributed by atoms with E-state index in [9.17, 15) is 13.2 Å². The SMILES string of the molecule is Cc1cc2cnc(S(C)(=O)=O)nc2oc1=O.